The molecule has 0 heterocycles. The molecule has 0 saturated heterocycles. The summed E-state index contributed by atoms with van der Waals surface area (Å²) in [5.41, 5.74) is 7.00. The average molecular weight is 279 g/mol. The molecular formula is C14H14FNO2S. The first kappa shape index (κ1) is 13.5. The van der Waals surface area contributed by atoms with Gasteiger partial charge in [-0.25, -0.2) is 12.8 Å². The Kier molecular flexibility index (Phi) is 3.57. The second kappa shape index (κ2) is 5.01. The Morgan fingerprint density at radius 3 is 2.32 bits per heavy atom. The van der Waals surface area contributed by atoms with Gasteiger partial charge in [0.1, 0.15) is 5.82 Å². The normalized spacial score (nSPS) is 11.5. The van der Waals surface area contributed by atoms with Gasteiger partial charge in [0.25, 0.3) is 0 Å². The Labute approximate surface area is 111 Å². The van der Waals surface area contributed by atoms with Crippen molar-refractivity contribution in [2.45, 2.75) is 17.6 Å². The van der Waals surface area contributed by atoms with Crippen LogP contribution in [-0.2, 0) is 15.6 Å². The third kappa shape index (κ3) is 3.12. The highest BCUT2D eigenvalue weighted by Gasteiger charge is 2.16. The van der Waals surface area contributed by atoms with E-state index in [1.54, 1.807) is 12.1 Å². The van der Waals surface area contributed by atoms with Crippen LogP contribution in [0.25, 0.3) is 0 Å². The molecule has 0 spiro atoms. The second-order valence-electron chi connectivity index (χ2n) is 4.43. The van der Waals surface area contributed by atoms with Crippen molar-refractivity contribution in [3.8, 4) is 0 Å². The Bertz CT molecular complexity index is 694. The minimum atomic E-state index is -3.56. The molecule has 0 aliphatic carbocycles. The highest BCUT2D eigenvalue weighted by Crippen LogP contribution is 2.20. The lowest BCUT2D eigenvalue weighted by atomic mass is 10.2. The predicted octanol–water partition coefficient (Wildman–Crippen LogP) is 2.69. The third-order valence-electron chi connectivity index (χ3n) is 2.81. The molecule has 5 heteroatoms. The number of aryl methyl sites for hydroxylation is 1. The van der Waals surface area contributed by atoms with Gasteiger partial charge in [0.2, 0.25) is 0 Å². The predicted molar refractivity (Wildman–Crippen MR) is 72.9 cm³/mol. The largest absolute Gasteiger partial charge is 0.396 e. The first-order valence-electron chi connectivity index (χ1n) is 5.72. The summed E-state index contributed by atoms with van der Waals surface area (Å²) in [6.07, 6.45) is 0. The van der Waals surface area contributed by atoms with Crippen LogP contribution in [0.15, 0.2) is 47.4 Å². The molecule has 0 amide bonds. The molecule has 0 radical (unpaired) electrons. The molecule has 0 aliphatic rings. The minimum absolute atomic E-state index is 0.0558. The van der Waals surface area contributed by atoms with Crippen LogP contribution >= 0.6 is 0 Å². The molecule has 100 valence electrons. The molecule has 0 aliphatic heterocycles. The Balaban J connectivity index is 2.32. The van der Waals surface area contributed by atoms with Gasteiger partial charge >= 0.3 is 0 Å². The first-order chi connectivity index (χ1) is 8.88. The molecule has 0 saturated carbocycles. The lowest BCUT2D eigenvalue weighted by Crippen LogP contribution is -2.06. The SMILES string of the molecule is Cc1ccc(CS(=O)(=O)c2ccc(N)c(F)c2)cc1. The summed E-state index contributed by atoms with van der Waals surface area (Å²) >= 11 is 0. The maximum absolute atomic E-state index is 13.3. The van der Waals surface area contributed by atoms with E-state index in [2.05, 4.69) is 0 Å². The smallest absolute Gasteiger partial charge is 0.182 e. The van der Waals surface area contributed by atoms with Crippen molar-refractivity contribution >= 4 is 15.5 Å². The molecule has 0 atom stereocenters. The van der Waals surface area contributed by atoms with Crippen LogP contribution < -0.4 is 5.73 Å². The van der Waals surface area contributed by atoms with Gasteiger partial charge in [0.15, 0.2) is 9.84 Å². The van der Waals surface area contributed by atoms with Gasteiger partial charge < -0.3 is 5.73 Å². The topological polar surface area (TPSA) is 60.2 Å². The van der Waals surface area contributed by atoms with Crippen molar-refractivity contribution in [2.24, 2.45) is 0 Å². The van der Waals surface area contributed by atoms with Gasteiger partial charge in [0, 0.05) is 0 Å². The lowest BCUT2D eigenvalue weighted by Gasteiger charge is -2.06. The van der Waals surface area contributed by atoms with Crippen LogP contribution in [0.3, 0.4) is 0 Å². The van der Waals surface area contributed by atoms with E-state index in [0.717, 1.165) is 11.6 Å². The number of sulfone groups is 1. The van der Waals surface area contributed by atoms with E-state index in [4.69, 9.17) is 5.73 Å². The number of nitrogens with two attached hydrogens (primary N) is 1. The molecule has 0 aromatic heterocycles. The van der Waals surface area contributed by atoms with Crippen molar-refractivity contribution in [1.29, 1.82) is 0 Å². The summed E-state index contributed by atoms with van der Waals surface area (Å²) in [6.45, 7) is 1.92. The van der Waals surface area contributed by atoms with Crippen molar-refractivity contribution in [1.82, 2.24) is 0 Å². The van der Waals surface area contributed by atoms with Crippen LogP contribution in [-0.4, -0.2) is 8.42 Å². The molecule has 0 unspecified atom stereocenters. The monoisotopic (exact) mass is 279 g/mol. The average Bonchev–Trinajstić information content (AvgIpc) is 2.35. The van der Waals surface area contributed by atoms with E-state index < -0.39 is 15.7 Å². The molecule has 3 nitrogen and oxygen atoms in total. The zero-order valence-electron chi connectivity index (χ0n) is 10.4. The van der Waals surface area contributed by atoms with Gasteiger partial charge in [0.05, 0.1) is 16.3 Å². The van der Waals surface area contributed by atoms with E-state index in [1.165, 1.54) is 12.1 Å². The quantitative estimate of drug-likeness (QED) is 0.879. The number of nitrogen functional groups attached to an aromatic ring is 1. The van der Waals surface area contributed by atoms with E-state index in [-0.39, 0.29) is 16.3 Å². The number of hydrogen-bond acceptors (Lipinski definition) is 3. The number of anilines is 1. The van der Waals surface area contributed by atoms with Crippen molar-refractivity contribution in [2.75, 3.05) is 5.73 Å². The number of hydrogen-bond donors (Lipinski definition) is 1. The Hall–Kier alpha value is -1.88. The summed E-state index contributed by atoms with van der Waals surface area (Å²) in [5, 5.41) is 0. The van der Waals surface area contributed by atoms with Crippen LogP contribution in [0.4, 0.5) is 10.1 Å². The number of halogens is 1. The molecule has 2 rings (SSSR count). The first-order valence-corrected chi connectivity index (χ1v) is 7.37. The van der Waals surface area contributed by atoms with Crippen LogP contribution in [0.5, 0.6) is 0 Å². The van der Waals surface area contributed by atoms with Crippen LogP contribution in [0.2, 0.25) is 0 Å². The Morgan fingerprint density at radius 1 is 1.11 bits per heavy atom. The fraction of sp³-hybridized carbons (Fsp3) is 0.143. The second-order valence-corrected chi connectivity index (χ2v) is 6.42. The molecule has 2 N–H and O–H groups in total. The van der Waals surface area contributed by atoms with E-state index in [1.807, 2.05) is 19.1 Å². The molecule has 0 fully saturated rings. The van der Waals surface area contributed by atoms with Crippen molar-refractivity contribution < 1.29 is 12.8 Å². The molecule has 2 aromatic carbocycles. The minimum Gasteiger partial charge on any atom is -0.396 e. The summed E-state index contributed by atoms with van der Waals surface area (Å²) in [5.74, 6) is -0.874. The Morgan fingerprint density at radius 2 is 1.74 bits per heavy atom. The fourth-order valence-electron chi connectivity index (χ4n) is 1.69. The molecular weight excluding hydrogens is 265 g/mol. The summed E-state index contributed by atoms with van der Waals surface area (Å²) in [4.78, 5) is -0.0558. The van der Waals surface area contributed by atoms with Crippen LogP contribution in [0, 0.1) is 12.7 Å². The van der Waals surface area contributed by atoms with Gasteiger partial charge in [-0.3, -0.25) is 0 Å². The van der Waals surface area contributed by atoms with Gasteiger partial charge in [-0.05, 0) is 30.7 Å². The summed E-state index contributed by atoms with van der Waals surface area (Å²) in [7, 11) is -3.56. The highest BCUT2D eigenvalue weighted by atomic mass is 32.2. The van der Waals surface area contributed by atoms with E-state index in [0.29, 0.717) is 5.56 Å². The van der Waals surface area contributed by atoms with Gasteiger partial charge in [-0.15, -0.1) is 0 Å². The zero-order chi connectivity index (χ0) is 14.0. The van der Waals surface area contributed by atoms with Crippen molar-refractivity contribution in [3.63, 3.8) is 0 Å². The van der Waals surface area contributed by atoms with E-state index in [9.17, 15) is 12.8 Å². The highest BCUT2D eigenvalue weighted by molar-refractivity contribution is 7.90. The maximum atomic E-state index is 13.3. The zero-order valence-corrected chi connectivity index (χ0v) is 11.2. The third-order valence-corrected chi connectivity index (χ3v) is 4.49. The summed E-state index contributed by atoms with van der Waals surface area (Å²) < 4.78 is 37.6. The number of rotatable bonds is 3. The maximum Gasteiger partial charge on any atom is 0.182 e. The molecule has 0 bridgehead atoms. The summed E-state index contributed by atoms with van der Waals surface area (Å²) in [6, 6.07) is 10.7. The number of benzene rings is 2. The molecule has 19 heavy (non-hydrogen) atoms. The van der Waals surface area contributed by atoms with E-state index >= 15 is 0 Å². The molecule has 2 aromatic rings. The van der Waals surface area contributed by atoms with Gasteiger partial charge in [-0.2, -0.15) is 0 Å². The van der Waals surface area contributed by atoms with Crippen molar-refractivity contribution in [3.05, 3.63) is 59.4 Å². The van der Waals surface area contributed by atoms with Crippen LogP contribution in [0.1, 0.15) is 11.1 Å². The fourth-order valence-corrected chi connectivity index (χ4v) is 3.04. The standard InChI is InChI=1S/C14H14FNO2S/c1-10-2-4-11(5-3-10)9-19(17,18)12-6-7-14(16)13(15)8-12/h2-8H,9,16H2,1H3. The van der Waals surface area contributed by atoms with Gasteiger partial charge in [-0.1, -0.05) is 29.8 Å². The lowest BCUT2D eigenvalue weighted by molar-refractivity contribution is 0.591.